The van der Waals surface area contributed by atoms with Gasteiger partial charge in [-0.3, -0.25) is 9.59 Å². The molecule has 1 fully saturated rings. The number of carboxylic acid groups (broad SMARTS) is 1. The minimum absolute atomic E-state index is 0.0612. The van der Waals surface area contributed by atoms with E-state index >= 15 is 0 Å². The van der Waals surface area contributed by atoms with Crippen molar-refractivity contribution in [2.75, 3.05) is 13.2 Å². The molecule has 22 heavy (non-hydrogen) atoms. The summed E-state index contributed by atoms with van der Waals surface area (Å²) in [6.45, 7) is 5.10. The lowest BCUT2D eigenvalue weighted by Gasteiger charge is -2.36. The van der Waals surface area contributed by atoms with Crippen LogP contribution in [-0.4, -0.2) is 35.7 Å². The van der Waals surface area contributed by atoms with Crippen LogP contribution in [0.3, 0.4) is 0 Å². The summed E-state index contributed by atoms with van der Waals surface area (Å²) >= 11 is 1.48. The molecule has 5 nitrogen and oxygen atoms in total. The minimum atomic E-state index is -0.892. The Labute approximate surface area is 134 Å². The van der Waals surface area contributed by atoms with Crippen LogP contribution in [0.15, 0.2) is 6.07 Å². The molecule has 0 aliphatic carbocycles. The molecule has 0 saturated carbocycles. The number of ether oxygens (including phenoxy) is 1. The molecular weight excluding hydrogens is 302 g/mol. The average Bonchev–Trinajstić information content (AvgIpc) is 2.81. The second kappa shape index (κ2) is 7.24. The van der Waals surface area contributed by atoms with E-state index in [1.807, 2.05) is 13.0 Å². The summed E-state index contributed by atoms with van der Waals surface area (Å²) < 4.78 is 5.31. The normalized spacial score (nSPS) is 17.2. The Hall–Kier alpha value is -1.40. The predicted molar refractivity (Wildman–Crippen MR) is 85.6 cm³/mol. The van der Waals surface area contributed by atoms with Crippen LogP contribution in [0, 0.1) is 6.92 Å². The van der Waals surface area contributed by atoms with Gasteiger partial charge in [0, 0.05) is 18.1 Å². The number of carbonyl (C=O) groups excluding carboxylic acids is 1. The second-order valence-electron chi connectivity index (χ2n) is 5.86. The fourth-order valence-corrected chi connectivity index (χ4v) is 3.82. The summed E-state index contributed by atoms with van der Waals surface area (Å²) in [7, 11) is 0. The van der Waals surface area contributed by atoms with Gasteiger partial charge in [-0.2, -0.15) is 0 Å². The molecule has 2 heterocycles. The van der Waals surface area contributed by atoms with Gasteiger partial charge in [0.25, 0.3) is 5.91 Å². The van der Waals surface area contributed by atoms with Gasteiger partial charge in [0.05, 0.1) is 16.8 Å². The van der Waals surface area contributed by atoms with E-state index < -0.39 is 11.5 Å². The van der Waals surface area contributed by atoms with Crippen LogP contribution in [0.2, 0.25) is 0 Å². The van der Waals surface area contributed by atoms with E-state index in [1.165, 1.54) is 16.9 Å². The van der Waals surface area contributed by atoms with Gasteiger partial charge >= 0.3 is 5.97 Å². The van der Waals surface area contributed by atoms with Crippen molar-refractivity contribution in [1.29, 1.82) is 0 Å². The van der Waals surface area contributed by atoms with Gasteiger partial charge in [0.2, 0.25) is 0 Å². The highest BCUT2D eigenvalue weighted by Gasteiger charge is 2.37. The van der Waals surface area contributed by atoms with Gasteiger partial charge in [-0.25, -0.2) is 0 Å². The Morgan fingerprint density at radius 1 is 1.41 bits per heavy atom. The van der Waals surface area contributed by atoms with Crippen molar-refractivity contribution in [1.82, 2.24) is 5.32 Å². The summed E-state index contributed by atoms with van der Waals surface area (Å²) in [4.78, 5) is 25.5. The van der Waals surface area contributed by atoms with Crippen molar-refractivity contribution in [3.63, 3.8) is 0 Å². The molecule has 2 N–H and O–H groups in total. The van der Waals surface area contributed by atoms with Gasteiger partial charge in [-0.15, -0.1) is 11.3 Å². The first kappa shape index (κ1) is 17.0. The Kier molecular flexibility index (Phi) is 5.58. The predicted octanol–water partition coefficient (Wildman–Crippen LogP) is 2.76. The molecule has 0 radical (unpaired) electrons. The zero-order valence-corrected chi connectivity index (χ0v) is 13.9. The number of hydrogen-bond acceptors (Lipinski definition) is 4. The topological polar surface area (TPSA) is 75.6 Å². The number of carbonyl (C=O) groups is 2. The molecule has 0 atom stereocenters. The standard InChI is InChI=1S/C16H23NO4S/c1-3-4-12-9-13(22-11(12)2)15(20)17-16(10-14(18)19)5-7-21-8-6-16/h9H,3-8,10H2,1-2H3,(H,17,20)(H,18,19). The third-order valence-electron chi connectivity index (χ3n) is 4.08. The molecule has 1 aromatic rings. The van der Waals surface area contributed by atoms with Crippen LogP contribution >= 0.6 is 11.3 Å². The fourth-order valence-electron chi connectivity index (χ4n) is 2.85. The van der Waals surface area contributed by atoms with Crippen molar-refractivity contribution in [2.24, 2.45) is 0 Å². The van der Waals surface area contributed by atoms with Crippen molar-refractivity contribution >= 4 is 23.2 Å². The van der Waals surface area contributed by atoms with Crippen molar-refractivity contribution < 1.29 is 19.4 Å². The molecule has 1 aliphatic heterocycles. The average molecular weight is 325 g/mol. The van der Waals surface area contributed by atoms with E-state index in [0.717, 1.165) is 17.7 Å². The van der Waals surface area contributed by atoms with E-state index in [2.05, 4.69) is 12.2 Å². The SMILES string of the molecule is CCCc1cc(C(=O)NC2(CC(=O)O)CCOCC2)sc1C. The number of aryl methyl sites for hydroxylation is 2. The summed E-state index contributed by atoms with van der Waals surface area (Å²) in [5.41, 5.74) is 0.515. The molecular formula is C16H23NO4S. The van der Waals surface area contributed by atoms with E-state index in [1.54, 1.807) is 0 Å². The number of hydrogen-bond donors (Lipinski definition) is 2. The smallest absolute Gasteiger partial charge is 0.305 e. The Bertz CT molecular complexity index is 546. The highest BCUT2D eigenvalue weighted by atomic mass is 32.1. The van der Waals surface area contributed by atoms with Crippen LogP contribution in [-0.2, 0) is 16.0 Å². The maximum Gasteiger partial charge on any atom is 0.305 e. The Morgan fingerprint density at radius 3 is 2.68 bits per heavy atom. The number of aliphatic carboxylic acids is 1. The Morgan fingerprint density at radius 2 is 2.09 bits per heavy atom. The lowest BCUT2D eigenvalue weighted by atomic mass is 9.86. The van der Waals surface area contributed by atoms with E-state index in [4.69, 9.17) is 9.84 Å². The number of thiophene rings is 1. The molecule has 0 unspecified atom stereocenters. The molecule has 0 aromatic carbocycles. The van der Waals surface area contributed by atoms with E-state index in [9.17, 15) is 9.59 Å². The van der Waals surface area contributed by atoms with Crippen molar-refractivity contribution in [3.05, 3.63) is 21.4 Å². The third-order valence-corrected chi connectivity index (χ3v) is 5.17. The van der Waals surface area contributed by atoms with Gasteiger partial charge in [0.1, 0.15) is 0 Å². The number of rotatable bonds is 6. The zero-order valence-electron chi connectivity index (χ0n) is 13.1. The first-order valence-electron chi connectivity index (χ1n) is 7.67. The molecule has 0 spiro atoms. The molecule has 0 bridgehead atoms. The van der Waals surface area contributed by atoms with Gasteiger partial charge in [0.15, 0.2) is 0 Å². The van der Waals surface area contributed by atoms with Crippen molar-refractivity contribution in [3.8, 4) is 0 Å². The maximum absolute atomic E-state index is 12.5. The summed E-state index contributed by atoms with van der Waals surface area (Å²) in [6.07, 6.45) is 3.02. The molecule has 122 valence electrons. The Balaban J connectivity index is 2.13. The quantitative estimate of drug-likeness (QED) is 0.843. The van der Waals surface area contributed by atoms with Crippen LogP contribution in [0.1, 0.15) is 52.7 Å². The van der Waals surface area contributed by atoms with Crippen LogP contribution in [0.5, 0.6) is 0 Å². The largest absolute Gasteiger partial charge is 0.481 e. The lowest BCUT2D eigenvalue weighted by Crippen LogP contribution is -2.53. The number of amides is 1. The molecule has 1 aliphatic rings. The fraction of sp³-hybridized carbons (Fsp3) is 0.625. The van der Waals surface area contributed by atoms with E-state index in [0.29, 0.717) is 30.9 Å². The monoisotopic (exact) mass is 325 g/mol. The summed E-state index contributed by atoms with van der Waals surface area (Å²) in [5.74, 6) is -1.06. The van der Waals surface area contributed by atoms with E-state index in [-0.39, 0.29) is 12.3 Å². The molecule has 1 amide bonds. The highest BCUT2D eigenvalue weighted by Crippen LogP contribution is 2.27. The summed E-state index contributed by atoms with van der Waals surface area (Å²) in [5, 5.41) is 12.1. The van der Waals surface area contributed by atoms with Crippen molar-refractivity contribution in [2.45, 2.75) is 51.5 Å². The van der Waals surface area contributed by atoms with Gasteiger partial charge in [-0.1, -0.05) is 13.3 Å². The maximum atomic E-state index is 12.5. The second-order valence-corrected chi connectivity index (χ2v) is 7.12. The zero-order chi connectivity index (χ0) is 16.2. The van der Waals surface area contributed by atoms with Gasteiger partial charge in [-0.05, 0) is 37.8 Å². The molecule has 6 heteroatoms. The number of carboxylic acids is 1. The van der Waals surface area contributed by atoms with Crippen LogP contribution in [0.25, 0.3) is 0 Å². The third kappa shape index (κ3) is 4.08. The molecule has 1 aromatic heterocycles. The minimum Gasteiger partial charge on any atom is -0.481 e. The van der Waals surface area contributed by atoms with Crippen LogP contribution in [0.4, 0.5) is 0 Å². The van der Waals surface area contributed by atoms with Gasteiger partial charge < -0.3 is 15.2 Å². The highest BCUT2D eigenvalue weighted by molar-refractivity contribution is 7.14. The first-order valence-corrected chi connectivity index (χ1v) is 8.49. The summed E-state index contributed by atoms with van der Waals surface area (Å²) in [6, 6.07) is 1.94. The molecule has 1 saturated heterocycles. The lowest BCUT2D eigenvalue weighted by molar-refractivity contribution is -0.139. The van der Waals surface area contributed by atoms with Crippen LogP contribution < -0.4 is 5.32 Å². The number of nitrogens with one attached hydrogen (secondary N) is 1. The first-order chi connectivity index (χ1) is 10.5. The molecule has 2 rings (SSSR count).